The zero-order chi connectivity index (χ0) is 17.5. The van der Waals surface area contributed by atoms with Crippen molar-refractivity contribution in [3.63, 3.8) is 0 Å². The van der Waals surface area contributed by atoms with E-state index in [-0.39, 0.29) is 0 Å². The SMILES string of the molecule is CC.CC#N.Clc1cn2nccc2c(-c2cnn(C3CCC3)c2)n1. The number of halogens is 1. The molecule has 126 valence electrons. The molecule has 1 fully saturated rings. The first kappa shape index (κ1) is 18.0. The molecule has 0 bridgehead atoms. The molecule has 0 amide bonds. The van der Waals surface area contributed by atoms with E-state index in [9.17, 15) is 0 Å². The number of rotatable bonds is 2. The first-order chi connectivity index (χ1) is 11.7. The largest absolute Gasteiger partial charge is 0.269 e. The Kier molecular flexibility index (Phi) is 6.33. The fourth-order valence-corrected chi connectivity index (χ4v) is 2.60. The maximum absolute atomic E-state index is 7.32. The van der Waals surface area contributed by atoms with Gasteiger partial charge in [0.25, 0.3) is 0 Å². The van der Waals surface area contributed by atoms with E-state index in [0.717, 1.165) is 16.8 Å². The van der Waals surface area contributed by atoms with E-state index in [2.05, 4.69) is 21.4 Å². The third-order valence-electron chi connectivity index (χ3n) is 3.68. The second-order valence-corrected chi connectivity index (χ2v) is 5.48. The van der Waals surface area contributed by atoms with Gasteiger partial charge in [0.05, 0.1) is 36.2 Å². The summed E-state index contributed by atoms with van der Waals surface area (Å²) in [5, 5.41) is 16.4. The highest BCUT2D eigenvalue weighted by molar-refractivity contribution is 6.29. The number of hydrogen-bond acceptors (Lipinski definition) is 4. The molecule has 0 aromatic carbocycles. The third-order valence-corrected chi connectivity index (χ3v) is 3.87. The molecule has 0 atom stereocenters. The van der Waals surface area contributed by atoms with E-state index in [1.54, 1.807) is 23.0 Å². The molecular weight excluding hydrogens is 324 g/mol. The molecule has 3 aromatic rings. The van der Waals surface area contributed by atoms with E-state index in [4.69, 9.17) is 16.9 Å². The fraction of sp³-hybridized carbons (Fsp3) is 0.412. The third kappa shape index (κ3) is 3.74. The molecule has 24 heavy (non-hydrogen) atoms. The lowest BCUT2D eigenvalue weighted by molar-refractivity contribution is 0.289. The van der Waals surface area contributed by atoms with Crippen molar-refractivity contribution in [2.75, 3.05) is 0 Å². The molecule has 0 aliphatic heterocycles. The molecule has 1 saturated carbocycles. The van der Waals surface area contributed by atoms with E-state index >= 15 is 0 Å². The van der Waals surface area contributed by atoms with Crippen LogP contribution in [0.15, 0.2) is 30.9 Å². The Labute approximate surface area is 146 Å². The minimum atomic E-state index is 0.433. The highest BCUT2D eigenvalue weighted by atomic mass is 35.5. The van der Waals surface area contributed by atoms with E-state index in [1.807, 2.05) is 30.8 Å². The zero-order valence-corrected chi connectivity index (χ0v) is 14.9. The summed E-state index contributed by atoms with van der Waals surface area (Å²) in [6, 6.07) is 4.23. The first-order valence-corrected chi connectivity index (χ1v) is 8.46. The molecule has 6 nitrogen and oxygen atoms in total. The molecule has 0 unspecified atom stereocenters. The van der Waals surface area contributed by atoms with E-state index in [0.29, 0.717) is 11.2 Å². The summed E-state index contributed by atoms with van der Waals surface area (Å²) in [5.74, 6) is 0. The summed E-state index contributed by atoms with van der Waals surface area (Å²) in [7, 11) is 0. The molecule has 3 aromatic heterocycles. The van der Waals surface area contributed by atoms with Gasteiger partial charge in [0.1, 0.15) is 10.8 Å². The van der Waals surface area contributed by atoms with Crippen molar-refractivity contribution in [3.8, 4) is 17.3 Å². The van der Waals surface area contributed by atoms with Crippen molar-refractivity contribution in [2.24, 2.45) is 0 Å². The molecule has 1 aliphatic carbocycles. The van der Waals surface area contributed by atoms with Crippen LogP contribution >= 0.6 is 11.6 Å². The Hall–Kier alpha value is -2.39. The standard InChI is InChI=1S/C13H12ClN5.C2H3N.C2H6/c14-12-8-19-11(4-5-15-19)13(17-12)9-6-16-18(7-9)10-2-1-3-10;1-2-3;1-2/h4-8,10H,1-3H2;1H3;1-2H3. The summed E-state index contributed by atoms with van der Waals surface area (Å²) >= 11 is 6.04. The fourth-order valence-electron chi connectivity index (χ4n) is 2.42. The average Bonchev–Trinajstić information content (AvgIpc) is 3.17. The van der Waals surface area contributed by atoms with Crippen molar-refractivity contribution in [1.29, 1.82) is 5.26 Å². The number of hydrogen-bond donors (Lipinski definition) is 0. The molecule has 0 N–H and O–H groups in total. The number of aromatic nitrogens is 5. The van der Waals surface area contributed by atoms with Crippen LogP contribution in [0.2, 0.25) is 5.15 Å². The van der Waals surface area contributed by atoms with Crippen molar-refractivity contribution in [1.82, 2.24) is 24.4 Å². The normalized spacial score (nSPS) is 13.1. The van der Waals surface area contributed by atoms with Crippen LogP contribution in [0.25, 0.3) is 16.8 Å². The zero-order valence-electron chi connectivity index (χ0n) is 14.1. The Bertz CT molecular complexity index is 825. The van der Waals surface area contributed by atoms with Gasteiger partial charge in [0.15, 0.2) is 0 Å². The van der Waals surface area contributed by atoms with Crippen LogP contribution < -0.4 is 0 Å². The molecule has 0 saturated heterocycles. The number of fused-ring (bicyclic) bond motifs is 1. The van der Waals surface area contributed by atoms with Gasteiger partial charge in [-0.1, -0.05) is 25.4 Å². The molecule has 1 aliphatic rings. The smallest absolute Gasteiger partial charge is 0.148 e. The van der Waals surface area contributed by atoms with Gasteiger partial charge in [-0.2, -0.15) is 15.5 Å². The Morgan fingerprint density at radius 3 is 2.58 bits per heavy atom. The van der Waals surface area contributed by atoms with Gasteiger partial charge in [-0.05, 0) is 25.3 Å². The Balaban J connectivity index is 0.000000378. The van der Waals surface area contributed by atoms with Gasteiger partial charge >= 0.3 is 0 Å². The van der Waals surface area contributed by atoms with Gasteiger partial charge in [-0.25, -0.2) is 9.50 Å². The minimum absolute atomic E-state index is 0.433. The van der Waals surface area contributed by atoms with Crippen LogP contribution in [0.3, 0.4) is 0 Å². The van der Waals surface area contributed by atoms with Crippen LogP contribution in [0.5, 0.6) is 0 Å². The van der Waals surface area contributed by atoms with Crippen molar-refractivity contribution < 1.29 is 0 Å². The summed E-state index contributed by atoms with van der Waals surface area (Å²) in [5.41, 5.74) is 2.76. The van der Waals surface area contributed by atoms with Gasteiger partial charge < -0.3 is 0 Å². The van der Waals surface area contributed by atoms with Gasteiger partial charge in [-0.15, -0.1) is 0 Å². The lowest BCUT2D eigenvalue weighted by Crippen LogP contribution is -2.16. The second-order valence-electron chi connectivity index (χ2n) is 5.09. The number of nitrogens with zero attached hydrogens (tertiary/aromatic N) is 6. The summed E-state index contributed by atoms with van der Waals surface area (Å²) in [4.78, 5) is 4.41. The van der Waals surface area contributed by atoms with E-state index in [1.165, 1.54) is 26.2 Å². The summed E-state index contributed by atoms with van der Waals surface area (Å²) in [6.07, 6.45) is 11.1. The predicted octanol–water partition coefficient (Wildman–Crippen LogP) is 4.53. The molecule has 4 rings (SSSR count). The van der Waals surface area contributed by atoms with Crippen molar-refractivity contribution in [3.05, 3.63) is 36.0 Å². The lowest BCUT2D eigenvalue weighted by Gasteiger charge is -2.25. The quantitative estimate of drug-likeness (QED) is 0.684. The van der Waals surface area contributed by atoms with Gasteiger partial charge in [0, 0.05) is 18.7 Å². The second kappa shape index (κ2) is 8.46. The van der Waals surface area contributed by atoms with Gasteiger partial charge in [0.2, 0.25) is 0 Å². The monoisotopic (exact) mass is 344 g/mol. The predicted molar refractivity (Wildman–Crippen MR) is 94.7 cm³/mol. The maximum atomic E-state index is 7.32. The lowest BCUT2D eigenvalue weighted by atomic mass is 9.93. The Morgan fingerprint density at radius 2 is 1.96 bits per heavy atom. The topological polar surface area (TPSA) is 71.8 Å². The first-order valence-electron chi connectivity index (χ1n) is 8.08. The van der Waals surface area contributed by atoms with Crippen LogP contribution in [0.4, 0.5) is 0 Å². The number of nitriles is 1. The van der Waals surface area contributed by atoms with E-state index < -0.39 is 0 Å². The van der Waals surface area contributed by atoms with Crippen molar-refractivity contribution in [2.45, 2.75) is 46.1 Å². The summed E-state index contributed by atoms with van der Waals surface area (Å²) in [6.45, 7) is 5.43. The molecular formula is C17H21ClN6. The highest BCUT2D eigenvalue weighted by Gasteiger charge is 2.21. The summed E-state index contributed by atoms with van der Waals surface area (Å²) < 4.78 is 3.78. The van der Waals surface area contributed by atoms with Crippen LogP contribution in [-0.2, 0) is 0 Å². The minimum Gasteiger partial charge on any atom is -0.269 e. The molecule has 0 spiro atoms. The molecule has 3 heterocycles. The maximum Gasteiger partial charge on any atom is 0.148 e. The van der Waals surface area contributed by atoms with Crippen LogP contribution in [-0.4, -0.2) is 24.4 Å². The Morgan fingerprint density at radius 1 is 1.25 bits per heavy atom. The molecule has 7 heteroatoms. The van der Waals surface area contributed by atoms with Crippen molar-refractivity contribution >= 4 is 17.1 Å². The van der Waals surface area contributed by atoms with Crippen LogP contribution in [0.1, 0.15) is 46.1 Å². The highest BCUT2D eigenvalue weighted by Crippen LogP contribution is 2.32. The van der Waals surface area contributed by atoms with Crippen LogP contribution in [0, 0.1) is 11.3 Å². The average molecular weight is 345 g/mol. The van der Waals surface area contributed by atoms with Gasteiger partial charge in [-0.3, -0.25) is 4.68 Å². The molecule has 0 radical (unpaired) electrons.